The lowest BCUT2D eigenvalue weighted by Gasteiger charge is -2.06. The van der Waals surface area contributed by atoms with Gasteiger partial charge in [-0.15, -0.1) is 0 Å². The number of carboxylic acids is 1. The number of phenolic OH excluding ortho intramolecular Hbond substituents is 1. The van der Waals surface area contributed by atoms with Crippen molar-refractivity contribution in [3.63, 3.8) is 0 Å². The summed E-state index contributed by atoms with van der Waals surface area (Å²) in [4.78, 5) is 11.6. The molecule has 0 bridgehead atoms. The lowest BCUT2D eigenvalue weighted by molar-refractivity contribution is -0.132. The number of aliphatic hydroxyl groups excluding tert-OH is 1. The van der Waals surface area contributed by atoms with Crippen molar-refractivity contribution < 1.29 is 24.9 Å². The Morgan fingerprint density at radius 1 is 0.634 bits per heavy atom. The van der Waals surface area contributed by atoms with Gasteiger partial charge in [-0.1, -0.05) is 147 Å². The van der Waals surface area contributed by atoms with Crippen molar-refractivity contribution in [2.75, 3.05) is 13.7 Å². The van der Waals surface area contributed by atoms with Crippen molar-refractivity contribution in [3.05, 3.63) is 29.3 Å². The van der Waals surface area contributed by atoms with Gasteiger partial charge in [0.2, 0.25) is 0 Å². The predicted molar refractivity (Wildman–Crippen MR) is 173 cm³/mol. The fourth-order valence-electron chi connectivity index (χ4n) is 5.54. The van der Waals surface area contributed by atoms with Gasteiger partial charge in [0.15, 0.2) is 11.5 Å². The van der Waals surface area contributed by atoms with Gasteiger partial charge in [0.1, 0.15) is 0 Å². The van der Waals surface area contributed by atoms with E-state index >= 15 is 0 Å². The van der Waals surface area contributed by atoms with Crippen LogP contribution in [-0.2, 0) is 4.79 Å². The van der Waals surface area contributed by atoms with Crippen LogP contribution in [0.4, 0.5) is 0 Å². The Hall–Kier alpha value is -2.01. The Morgan fingerprint density at radius 3 is 1.34 bits per heavy atom. The van der Waals surface area contributed by atoms with Gasteiger partial charge in [0, 0.05) is 12.2 Å². The molecular weight excluding hydrogens is 512 g/mol. The highest BCUT2D eigenvalue weighted by molar-refractivity contribution is 5.92. The Kier molecular flexibility index (Phi) is 24.3. The van der Waals surface area contributed by atoms with Crippen LogP contribution in [0.25, 0.3) is 6.08 Å². The van der Waals surface area contributed by atoms with Crippen molar-refractivity contribution in [1.82, 2.24) is 0 Å². The third-order valence-corrected chi connectivity index (χ3v) is 8.17. The topological polar surface area (TPSA) is 87.0 Å². The maximum atomic E-state index is 11.6. The number of unbranched alkanes of at least 4 members (excludes halogenated alkanes) is 23. The van der Waals surface area contributed by atoms with E-state index in [1.807, 2.05) is 0 Å². The van der Waals surface area contributed by atoms with E-state index in [0.29, 0.717) is 24.4 Å². The van der Waals surface area contributed by atoms with Crippen molar-refractivity contribution in [1.29, 1.82) is 0 Å². The van der Waals surface area contributed by atoms with E-state index in [-0.39, 0.29) is 5.75 Å². The molecule has 236 valence electrons. The molecule has 0 spiro atoms. The molecule has 0 fully saturated rings. The molecule has 0 atom stereocenters. The first kappa shape index (κ1) is 37.0. The van der Waals surface area contributed by atoms with Gasteiger partial charge in [-0.2, -0.15) is 0 Å². The monoisotopic (exact) mass is 574 g/mol. The molecule has 0 saturated carbocycles. The van der Waals surface area contributed by atoms with Gasteiger partial charge in [-0.3, -0.25) is 0 Å². The van der Waals surface area contributed by atoms with Crippen molar-refractivity contribution in [2.45, 2.75) is 161 Å². The molecule has 0 aromatic heterocycles. The van der Waals surface area contributed by atoms with Crippen LogP contribution < -0.4 is 4.74 Å². The van der Waals surface area contributed by atoms with Crippen LogP contribution in [0.1, 0.15) is 166 Å². The summed E-state index contributed by atoms with van der Waals surface area (Å²) in [6.07, 6.45) is 33.6. The van der Waals surface area contributed by atoms with Crippen molar-refractivity contribution >= 4 is 12.0 Å². The number of aliphatic carboxylic acids is 1. The first-order chi connectivity index (χ1) is 20.1. The summed E-state index contributed by atoms with van der Waals surface area (Å²) in [5.74, 6) is -0.474. The number of hydrogen-bond acceptors (Lipinski definition) is 4. The standard InChI is InChI=1S/C36H62O5/c1-41-35-31-32(27-28-34(35)38)30-33(36(39)40)26-24-22-20-18-16-14-12-10-8-6-4-2-3-5-7-9-11-13-15-17-19-21-23-25-29-37/h27-28,30-31,37-38H,2-26,29H2,1H3,(H,39,40). The summed E-state index contributed by atoms with van der Waals surface area (Å²) in [6, 6.07) is 4.90. The number of rotatable bonds is 29. The lowest BCUT2D eigenvalue weighted by Crippen LogP contribution is -2.00. The minimum absolute atomic E-state index is 0.0535. The molecule has 0 aliphatic carbocycles. The zero-order valence-corrected chi connectivity index (χ0v) is 26.4. The van der Waals surface area contributed by atoms with Crippen LogP contribution in [0.3, 0.4) is 0 Å². The first-order valence-electron chi connectivity index (χ1n) is 17.0. The van der Waals surface area contributed by atoms with E-state index in [1.165, 1.54) is 148 Å². The Morgan fingerprint density at radius 2 is 1.00 bits per heavy atom. The highest BCUT2D eigenvalue weighted by atomic mass is 16.5. The summed E-state index contributed by atoms with van der Waals surface area (Å²) in [5, 5.41) is 28.1. The average molecular weight is 575 g/mol. The SMILES string of the molecule is COc1cc(C=C(CCCCCCCCCCCCCCCCCCCCCCCCCCO)C(=O)O)ccc1O. The third kappa shape index (κ3) is 21.4. The van der Waals surface area contributed by atoms with Crippen LogP contribution in [0, 0.1) is 0 Å². The number of methoxy groups -OCH3 is 1. The van der Waals surface area contributed by atoms with Gasteiger partial charge in [-0.05, 0) is 43.0 Å². The molecule has 0 amide bonds. The molecular formula is C36H62O5. The highest BCUT2D eigenvalue weighted by Crippen LogP contribution is 2.28. The maximum Gasteiger partial charge on any atom is 0.331 e. The fourth-order valence-corrected chi connectivity index (χ4v) is 5.54. The zero-order chi connectivity index (χ0) is 29.8. The molecule has 1 aromatic rings. The van der Waals surface area contributed by atoms with Gasteiger partial charge >= 0.3 is 5.97 Å². The van der Waals surface area contributed by atoms with Crippen molar-refractivity contribution in [3.8, 4) is 11.5 Å². The summed E-state index contributed by atoms with van der Waals surface area (Å²) in [7, 11) is 1.49. The number of benzene rings is 1. The Bertz CT molecular complexity index is 788. The molecule has 0 saturated heterocycles. The van der Waals surface area contributed by atoms with Crippen molar-refractivity contribution in [2.24, 2.45) is 0 Å². The zero-order valence-electron chi connectivity index (χ0n) is 26.4. The molecule has 0 radical (unpaired) electrons. The quantitative estimate of drug-likeness (QED) is 0.0654. The molecule has 0 unspecified atom stereocenters. The predicted octanol–water partition coefficient (Wildman–Crippen LogP) is 10.6. The molecule has 3 N–H and O–H groups in total. The number of carboxylic acid groups (broad SMARTS) is 1. The largest absolute Gasteiger partial charge is 0.504 e. The van der Waals surface area contributed by atoms with Gasteiger partial charge in [0.25, 0.3) is 0 Å². The third-order valence-electron chi connectivity index (χ3n) is 8.17. The number of aliphatic hydroxyl groups is 1. The van der Waals surface area contributed by atoms with Gasteiger partial charge in [-0.25, -0.2) is 4.79 Å². The van der Waals surface area contributed by atoms with E-state index in [2.05, 4.69) is 0 Å². The summed E-state index contributed by atoms with van der Waals surface area (Å²) >= 11 is 0. The van der Waals surface area contributed by atoms with Gasteiger partial charge < -0.3 is 20.1 Å². The smallest absolute Gasteiger partial charge is 0.331 e. The normalized spacial score (nSPS) is 11.7. The van der Waals surface area contributed by atoms with Crippen LogP contribution >= 0.6 is 0 Å². The van der Waals surface area contributed by atoms with E-state index in [4.69, 9.17) is 9.84 Å². The average Bonchev–Trinajstić information content (AvgIpc) is 2.97. The van der Waals surface area contributed by atoms with E-state index in [0.717, 1.165) is 24.8 Å². The minimum Gasteiger partial charge on any atom is -0.504 e. The molecule has 5 nitrogen and oxygen atoms in total. The van der Waals surface area contributed by atoms with Crippen LogP contribution in [0.2, 0.25) is 0 Å². The molecule has 0 aliphatic rings. The maximum absolute atomic E-state index is 11.6. The van der Waals surface area contributed by atoms with E-state index in [1.54, 1.807) is 18.2 Å². The highest BCUT2D eigenvalue weighted by Gasteiger charge is 2.09. The van der Waals surface area contributed by atoms with Gasteiger partial charge in [0.05, 0.1) is 7.11 Å². The minimum atomic E-state index is -0.878. The number of hydrogen-bond donors (Lipinski definition) is 3. The van der Waals surface area contributed by atoms with E-state index in [9.17, 15) is 15.0 Å². The van der Waals surface area contributed by atoms with Crippen LogP contribution in [-0.4, -0.2) is 35.0 Å². The second-order valence-corrected chi connectivity index (χ2v) is 11.9. The summed E-state index contributed by atoms with van der Waals surface area (Å²) in [5.41, 5.74) is 1.13. The second-order valence-electron chi connectivity index (χ2n) is 11.9. The molecule has 5 heteroatoms. The second kappa shape index (κ2) is 26.9. The number of aromatic hydroxyl groups is 1. The molecule has 1 rings (SSSR count). The molecule has 41 heavy (non-hydrogen) atoms. The Balaban J connectivity index is 1.86. The number of ether oxygens (including phenoxy) is 1. The lowest BCUT2D eigenvalue weighted by atomic mass is 10.0. The van der Waals surface area contributed by atoms with Crippen LogP contribution in [0.5, 0.6) is 11.5 Å². The summed E-state index contributed by atoms with van der Waals surface area (Å²) < 4.78 is 5.11. The fraction of sp³-hybridized carbons (Fsp3) is 0.750. The van der Waals surface area contributed by atoms with Crippen LogP contribution in [0.15, 0.2) is 23.8 Å². The number of carbonyl (C=O) groups is 1. The molecule has 0 aliphatic heterocycles. The molecule has 0 heterocycles. The first-order valence-corrected chi connectivity index (χ1v) is 17.0. The molecule has 1 aromatic carbocycles. The van der Waals surface area contributed by atoms with E-state index < -0.39 is 5.97 Å². The summed E-state index contributed by atoms with van der Waals surface area (Å²) in [6.45, 7) is 0.353. The Labute approximate surface area is 251 Å². The number of phenols is 1.